The van der Waals surface area contributed by atoms with Gasteiger partial charge in [-0.1, -0.05) is 24.3 Å². The average Bonchev–Trinajstić information content (AvgIpc) is 2.64. The Balaban J connectivity index is 1.57. The molecule has 24 heavy (non-hydrogen) atoms. The number of fused-ring (bicyclic) bond motifs is 2. The molecule has 7 nitrogen and oxygen atoms in total. The van der Waals surface area contributed by atoms with Gasteiger partial charge in [0.15, 0.2) is 11.5 Å². The van der Waals surface area contributed by atoms with Crippen molar-refractivity contribution in [3.8, 4) is 11.5 Å². The van der Waals surface area contributed by atoms with Crippen LogP contribution in [0.1, 0.15) is 0 Å². The Labute approximate surface area is 136 Å². The first-order valence-electron chi connectivity index (χ1n) is 7.38. The molecule has 4 rings (SSSR count). The molecule has 3 aromatic rings. The number of nitrogens with zero attached hydrogens (tertiary/aromatic N) is 2. The number of para-hydroxylation sites is 3. The van der Waals surface area contributed by atoms with Crippen molar-refractivity contribution in [1.29, 1.82) is 0 Å². The fourth-order valence-corrected chi connectivity index (χ4v) is 2.49. The zero-order valence-corrected chi connectivity index (χ0v) is 12.5. The molecule has 1 N–H and O–H groups in total. The summed E-state index contributed by atoms with van der Waals surface area (Å²) in [4.78, 5) is 28.9. The van der Waals surface area contributed by atoms with Crippen LogP contribution in [0, 0.1) is 0 Å². The molecule has 1 aromatic heterocycles. The molecule has 0 saturated carbocycles. The predicted molar refractivity (Wildman–Crippen MR) is 86.7 cm³/mol. The number of benzene rings is 2. The van der Waals surface area contributed by atoms with Crippen LogP contribution in [-0.2, 0) is 4.79 Å². The van der Waals surface area contributed by atoms with Crippen LogP contribution >= 0.6 is 0 Å². The molecule has 0 bridgehead atoms. The number of aromatic nitrogens is 2. The van der Waals surface area contributed by atoms with Crippen molar-refractivity contribution >= 4 is 16.8 Å². The first-order valence-corrected chi connectivity index (χ1v) is 7.38. The average molecular weight is 323 g/mol. The van der Waals surface area contributed by atoms with E-state index in [1.807, 2.05) is 6.07 Å². The van der Waals surface area contributed by atoms with Gasteiger partial charge in [-0.25, -0.2) is 9.66 Å². The van der Waals surface area contributed by atoms with E-state index in [9.17, 15) is 9.59 Å². The minimum atomic E-state index is -0.849. The van der Waals surface area contributed by atoms with E-state index < -0.39 is 12.0 Å². The lowest BCUT2D eigenvalue weighted by Gasteiger charge is -2.25. The summed E-state index contributed by atoms with van der Waals surface area (Å²) in [6, 6.07) is 14.0. The Morgan fingerprint density at radius 3 is 2.75 bits per heavy atom. The maximum atomic E-state index is 12.4. The molecule has 1 aliphatic rings. The van der Waals surface area contributed by atoms with Gasteiger partial charge < -0.3 is 9.47 Å². The van der Waals surface area contributed by atoms with E-state index in [2.05, 4.69) is 10.4 Å². The lowest BCUT2D eigenvalue weighted by Crippen LogP contribution is -2.45. The largest absolute Gasteiger partial charge is 0.485 e. The molecule has 0 saturated heterocycles. The highest BCUT2D eigenvalue weighted by molar-refractivity contribution is 5.89. The Hall–Kier alpha value is -3.35. The van der Waals surface area contributed by atoms with Gasteiger partial charge >= 0.3 is 0 Å². The van der Waals surface area contributed by atoms with Crippen LogP contribution in [0.15, 0.2) is 59.7 Å². The van der Waals surface area contributed by atoms with E-state index in [0.717, 1.165) is 4.68 Å². The van der Waals surface area contributed by atoms with Gasteiger partial charge in [0.1, 0.15) is 12.9 Å². The molecule has 2 heterocycles. The molecular weight excluding hydrogens is 310 g/mol. The van der Waals surface area contributed by atoms with Gasteiger partial charge in [-0.3, -0.25) is 15.0 Å². The third-order valence-corrected chi connectivity index (χ3v) is 3.70. The van der Waals surface area contributed by atoms with Crippen molar-refractivity contribution in [1.82, 2.24) is 9.66 Å². The van der Waals surface area contributed by atoms with E-state index >= 15 is 0 Å². The van der Waals surface area contributed by atoms with E-state index in [1.165, 1.54) is 6.33 Å². The molecule has 7 heteroatoms. The molecule has 1 amide bonds. The Bertz CT molecular complexity index is 983. The molecular formula is C17H13N3O4. The highest BCUT2D eigenvalue weighted by atomic mass is 16.6. The van der Waals surface area contributed by atoms with Gasteiger partial charge in [-0.15, -0.1) is 0 Å². The normalized spacial score (nSPS) is 15.9. The van der Waals surface area contributed by atoms with Crippen molar-refractivity contribution in [3.63, 3.8) is 0 Å². The fraction of sp³-hybridized carbons (Fsp3) is 0.118. The van der Waals surface area contributed by atoms with Crippen LogP contribution in [0.25, 0.3) is 10.9 Å². The smallest absolute Gasteiger partial charge is 0.283 e. The number of nitrogens with one attached hydrogen (secondary N) is 1. The van der Waals surface area contributed by atoms with Crippen LogP contribution in [-0.4, -0.2) is 28.3 Å². The quantitative estimate of drug-likeness (QED) is 0.769. The minimum absolute atomic E-state index is 0.0681. The van der Waals surface area contributed by atoms with E-state index in [1.54, 1.807) is 42.5 Å². The van der Waals surface area contributed by atoms with E-state index in [0.29, 0.717) is 22.4 Å². The first-order chi connectivity index (χ1) is 11.7. The van der Waals surface area contributed by atoms with Crippen LogP contribution in [0.4, 0.5) is 0 Å². The Morgan fingerprint density at radius 1 is 1.12 bits per heavy atom. The van der Waals surface area contributed by atoms with Crippen molar-refractivity contribution in [3.05, 3.63) is 65.2 Å². The third kappa shape index (κ3) is 2.45. The predicted octanol–water partition coefficient (Wildman–Crippen LogP) is 1.31. The molecule has 120 valence electrons. The molecule has 0 aliphatic carbocycles. The molecule has 2 aromatic carbocycles. The number of hydrogen-bond acceptors (Lipinski definition) is 5. The lowest BCUT2D eigenvalue weighted by molar-refractivity contribution is -0.126. The number of amides is 1. The zero-order chi connectivity index (χ0) is 16.5. The Morgan fingerprint density at radius 2 is 1.88 bits per heavy atom. The summed E-state index contributed by atoms with van der Waals surface area (Å²) >= 11 is 0. The van der Waals surface area contributed by atoms with Gasteiger partial charge in [-0.2, -0.15) is 0 Å². The third-order valence-electron chi connectivity index (χ3n) is 3.70. The van der Waals surface area contributed by atoms with Crippen molar-refractivity contribution in [2.24, 2.45) is 0 Å². The van der Waals surface area contributed by atoms with Crippen LogP contribution in [0.3, 0.4) is 0 Å². The van der Waals surface area contributed by atoms with Crippen molar-refractivity contribution in [2.45, 2.75) is 6.10 Å². The van der Waals surface area contributed by atoms with Crippen LogP contribution in [0.2, 0.25) is 0 Å². The monoisotopic (exact) mass is 323 g/mol. The van der Waals surface area contributed by atoms with Gasteiger partial charge in [0.05, 0.1) is 10.9 Å². The minimum Gasteiger partial charge on any atom is -0.485 e. The summed E-state index contributed by atoms with van der Waals surface area (Å²) in [5.41, 5.74) is 2.71. The summed E-state index contributed by atoms with van der Waals surface area (Å²) in [6.07, 6.45) is 0.429. The second-order valence-corrected chi connectivity index (χ2v) is 5.28. The zero-order valence-electron chi connectivity index (χ0n) is 12.5. The molecule has 0 fully saturated rings. The second-order valence-electron chi connectivity index (χ2n) is 5.28. The molecule has 1 aliphatic heterocycles. The fourth-order valence-electron chi connectivity index (χ4n) is 2.49. The van der Waals surface area contributed by atoms with Gasteiger partial charge in [0.2, 0.25) is 6.10 Å². The summed E-state index contributed by atoms with van der Waals surface area (Å²) < 4.78 is 12.2. The van der Waals surface area contributed by atoms with Gasteiger partial charge in [0.25, 0.3) is 11.5 Å². The summed E-state index contributed by atoms with van der Waals surface area (Å²) in [6.45, 7) is 0.0681. The van der Waals surface area contributed by atoms with Gasteiger partial charge in [0, 0.05) is 0 Å². The van der Waals surface area contributed by atoms with Crippen molar-refractivity contribution in [2.75, 3.05) is 12.0 Å². The van der Waals surface area contributed by atoms with Crippen molar-refractivity contribution < 1.29 is 14.3 Å². The number of ether oxygens (including phenoxy) is 2. The second kappa shape index (κ2) is 5.69. The maximum Gasteiger partial charge on any atom is 0.283 e. The number of hydrogen-bond donors (Lipinski definition) is 1. The van der Waals surface area contributed by atoms with E-state index in [4.69, 9.17) is 9.47 Å². The van der Waals surface area contributed by atoms with Crippen LogP contribution < -0.4 is 20.5 Å². The standard InChI is InChI=1S/C17H13N3O4/c21-16(15-9-23-13-7-3-4-8-14(13)24-15)19-20-10-18-12-6-2-1-5-11(12)17(20)22/h1-8,10,15H,9H2,(H,19,21)/t15-/m0/s1. The molecule has 0 radical (unpaired) electrons. The number of carbonyl (C=O) groups is 1. The molecule has 0 spiro atoms. The lowest BCUT2D eigenvalue weighted by atomic mass is 10.2. The number of carbonyl (C=O) groups excluding carboxylic acids is 1. The van der Waals surface area contributed by atoms with Gasteiger partial charge in [-0.05, 0) is 24.3 Å². The SMILES string of the molecule is O=C(Nn1cnc2ccccc2c1=O)[C@@H]1COc2ccccc2O1. The topological polar surface area (TPSA) is 82.5 Å². The van der Waals surface area contributed by atoms with E-state index in [-0.39, 0.29) is 12.2 Å². The Kier molecular flexibility index (Phi) is 3.38. The van der Waals surface area contributed by atoms with Crippen LogP contribution in [0.5, 0.6) is 11.5 Å². The summed E-state index contributed by atoms with van der Waals surface area (Å²) in [5, 5.41) is 0.423. The highest BCUT2D eigenvalue weighted by Gasteiger charge is 2.27. The molecule has 1 atom stereocenters. The first kappa shape index (κ1) is 14.3. The summed E-state index contributed by atoms with van der Waals surface area (Å²) in [5.74, 6) is 0.600. The molecule has 0 unspecified atom stereocenters. The number of rotatable bonds is 2. The maximum absolute atomic E-state index is 12.4. The summed E-state index contributed by atoms with van der Waals surface area (Å²) in [7, 11) is 0. The highest BCUT2D eigenvalue weighted by Crippen LogP contribution is 2.30.